The van der Waals surface area contributed by atoms with Crippen LogP contribution >= 0.6 is 0 Å². The fourth-order valence-corrected chi connectivity index (χ4v) is 2.66. The molecule has 0 aliphatic heterocycles. The number of furan rings is 1. The highest BCUT2D eigenvalue weighted by Gasteiger charge is 2.21. The third-order valence-corrected chi connectivity index (χ3v) is 4.18. The number of carbonyl (C=O) groups excluding carboxylic acids is 1. The molecule has 1 amide bonds. The molecule has 1 aromatic heterocycles. The number of hydrogen-bond donors (Lipinski definition) is 3. The molecule has 3 rings (SSSR count). The molecule has 0 saturated heterocycles. The van der Waals surface area contributed by atoms with E-state index in [0.717, 1.165) is 5.56 Å². The number of benzene rings is 2. The van der Waals surface area contributed by atoms with Crippen molar-refractivity contribution in [2.75, 3.05) is 5.32 Å². The molecule has 0 spiro atoms. The van der Waals surface area contributed by atoms with Crippen LogP contribution in [0, 0.1) is 0 Å². The number of nitrogens with one attached hydrogen (secondary N) is 2. The number of carboxylic acid groups (broad SMARTS) is 1. The van der Waals surface area contributed by atoms with E-state index in [-0.39, 0.29) is 13.0 Å². The lowest BCUT2D eigenvalue weighted by molar-refractivity contribution is -0.141. The number of hydrogen-bond acceptors (Lipinski definition) is 5. The third-order valence-electron chi connectivity index (χ3n) is 4.18. The van der Waals surface area contributed by atoms with Crippen molar-refractivity contribution in [2.45, 2.75) is 25.6 Å². The SMILES string of the molecule is O=C(CC(NCc1ccco1)C(=O)O)Nc1ccc(OCc2ccccc2)cc1. The van der Waals surface area contributed by atoms with Crippen LogP contribution in [0.1, 0.15) is 17.7 Å². The minimum Gasteiger partial charge on any atom is -0.489 e. The number of carbonyl (C=O) groups is 2. The Bertz CT molecular complexity index is 908. The van der Waals surface area contributed by atoms with E-state index in [1.807, 2.05) is 30.3 Å². The molecule has 3 aromatic rings. The molecule has 29 heavy (non-hydrogen) atoms. The number of amides is 1. The van der Waals surface area contributed by atoms with Gasteiger partial charge < -0.3 is 19.6 Å². The van der Waals surface area contributed by atoms with E-state index in [9.17, 15) is 14.7 Å². The second kappa shape index (κ2) is 10.1. The molecule has 1 atom stereocenters. The molecular weight excluding hydrogens is 372 g/mol. The predicted molar refractivity (Wildman–Crippen MR) is 107 cm³/mol. The summed E-state index contributed by atoms with van der Waals surface area (Å²) in [6.45, 7) is 0.679. The Hall–Kier alpha value is -3.58. The van der Waals surface area contributed by atoms with Gasteiger partial charge >= 0.3 is 5.97 Å². The highest BCUT2D eigenvalue weighted by molar-refractivity contribution is 5.94. The molecule has 0 aliphatic rings. The van der Waals surface area contributed by atoms with Crippen LogP contribution in [0.3, 0.4) is 0 Å². The monoisotopic (exact) mass is 394 g/mol. The van der Waals surface area contributed by atoms with E-state index in [0.29, 0.717) is 23.8 Å². The van der Waals surface area contributed by atoms with Gasteiger partial charge in [-0.05, 0) is 42.0 Å². The van der Waals surface area contributed by atoms with E-state index in [1.165, 1.54) is 6.26 Å². The summed E-state index contributed by atoms with van der Waals surface area (Å²) in [4.78, 5) is 23.6. The predicted octanol–water partition coefficient (Wildman–Crippen LogP) is 3.43. The summed E-state index contributed by atoms with van der Waals surface area (Å²) in [6.07, 6.45) is 1.30. The molecule has 150 valence electrons. The molecular formula is C22H22N2O5. The van der Waals surface area contributed by atoms with Crippen LogP contribution in [0.15, 0.2) is 77.4 Å². The fourth-order valence-electron chi connectivity index (χ4n) is 2.66. The molecule has 7 heteroatoms. The van der Waals surface area contributed by atoms with E-state index >= 15 is 0 Å². The minimum atomic E-state index is -1.10. The Balaban J connectivity index is 1.47. The molecule has 2 aromatic carbocycles. The zero-order chi connectivity index (χ0) is 20.5. The van der Waals surface area contributed by atoms with E-state index in [1.54, 1.807) is 36.4 Å². The molecule has 0 bridgehead atoms. The summed E-state index contributed by atoms with van der Waals surface area (Å²) in [5.41, 5.74) is 1.63. The van der Waals surface area contributed by atoms with Crippen molar-refractivity contribution in [3.8, 4) is 5.75 Å². The molecule has 7 nitrogen and oxygen atoms in total. The highest BCUT2D eigenvalue weighted by atomic mass is 16.5. The van der Waals surface area contributed by atoms with Crippen molar-refractivity contribution in [1.29, 1.82) is 0 Å². The average Bonchev–Trinajstić information content (AvgIpc) is 3.25. The summed E-state index contributed by atoms with van der Waals surface area (Å²) in [5, 5.41) is 14.8. The molecule has 0 saturated carbocycles. The zero-order valence-electron chi connectivity index (χ0n) is 15.7. The van der Waals surface area contributed by atoms with Crippen LogP contribution in [-0.4, -0.2) is 23.0 Å². The van der Waals surface area contributed by atoms with Crippen molar-refractivity contribution in [3.05, 3.63) is 84.3 Å². The lowest BCUT2D eigenvalue weighted by Gasteiger charge is -2.14. The number of carboxylic acids is 1. The number of rotatable bonds is 10. The Kier molecular flexibility index (Phi) is 7.02. The van der Waals surface area contributed by atoms with Gasteiger partial charge in [0.2, 0.25) is 5.91 Å². The van der Waals surface area contributed by atoms with Gasteiger partial charge in [-0.25, -0.2) is 0 Å². The molecule has 0 fully saturated rings. The summed E-state index contributed by atoms with van der Waals surface area (Å²) >= 11 is 0. The van der Waals surface area contributed by atoms with Gasteiger partial charge in [-0.2, -0.15) is 0 Å². The summed E-state index contributed by atoms with van der Waals surface area (Å²) in [5.74, 6) is -0.225. The quantitative estimate of drug-likeness (QED) is 0.487. The number of ether oxygens (including phenoxy) is 1. The van der Waals surface area contributed by atoms with Gasteiger partial charge in [0.05, 0.1) is 19.2 Å². The molecule has 0 aliphatic carbocycles. The van der Waals surface area contributed by atoms with Crippen LogP contribution in [0.2, 0.25) is 0 Å². The van der Waals surface area contributed by atoms with Gasteiger partial charge in [0.15, 0.2) is 0 Å². The first-order valence-electron chi connectivity index (χ1n) is 9.15. The normalized spacial score (nSPS) is 11.6. The van der Waals surface area contributed by atoms with Gasteiger partial charge in [0.25, 0.3) is 0 Å². The van der Waals surface area contributed by atoms with E-state index in [4.69, 9.17) is 9.15 Å². The van der Waals surface area contributed by atoms with Crippen LogP contribution in [-0.2, 0) is 22.7 Å². The first kappa shape index (κ1) is 20.2. The smallest absolute Gasteiger partial charge is 0.321 e. The lowest BCUT2D eigenvalue weighted by Crippen LogP contribution is -2.39. The van der Waals surface area contributed by atoms with Gasteiger partial charge in [0.1, 0.15) is 24.2 Å². The Morgan fingerprint density at radius 2 is 1.76 bits per heavy atom. The number of anilines is 1. The van der Waals surface area contributed by atoms with Crippen LogP contribution < -0.4 is 15.4 Å². The fraction of sp³-hybridized carbons (Fsp3) is 0.182. The third kappa shape index (κ3) is 6.51. The summed E-state index contributed by atoms with van der Waals surface area (Å²) in [7, 11) is 0. The van der Waals surface area contributed by atoms with E-state index < -0.39 is 17.9 Å². The lowest BCUT2D eigenvalue weighted by atomic mass is 10.2. The van der Waals surface area contributed by atoms with Crippen LogP contribution in [0.5, 0.6) is 5.75 Å². The maximum Gasteiger partial charge on any atom is 0.321 e. The standard InChI is InChI=1S/C22H22N2O5/c25-21(13-20(22(26)27)23-14-19-7-4-12-28-19)24-17-8-10-18(11-9-17)29-15-16-5-2-1-3-6-16/h1-12,20,23H,13-15H2,(H,24,25)(H,26,27). The Morgan fingerprint density at radius 3 is 2.41 bits per heavy atom. The maximum absolute atomic E-state index is 12.2. The zero-order valence-corrected chi connectivity index (χ0v) is 15.7. The van der Waals surface area contributed by atoms with Crippen LogP contribution in [0.4, 0.5) is 5.69 Å². The van der Waals surface area contributed by atoms with Crippen molar-refractivity contribution >= 4 is 17.6 Å². The first-order valence-corrected chi connectivity index (χ1v) is 9.15. The molecule has 0 radical (unpaired) electrons. The Morgan fingerprint density at radius 1 is 1.00 bits per heavy atom. The van der Waals surface area contributed by atoms with Crippen molar-refractivity contribution in [3.63, 3.8) is 0 Å². The largest absolute Gasteiger partial charge is 0.489 e. The second-order valence-electron chi connectivity index (χ2n) is 6.40. The van der Waals surface area contributed by atoms with Crippen molar-refractivity contribution in [1.82, 2.24) is 5.32 Å². The van der Waals surface area contributed by atoms with Crippen LogP contribution in [0.25, 0.3) is 0 Å². The van der Waals surface area contributed by atoms with Gasteiger partial charge in [0, 0.05) is 5.69 Å². The van der Waals surface area contributed by atoms with Crippen molar-refractivity contribution < 1.29 is 23.8 Å². The summed E-state index contributed by atoms with van der Waals surface area (Å²) < 4.78 is 10.9. The number of aliphatic carboxylic acids is 1. The van der Waals surface area contributed by atoms with Gasteiger partial charge in [-0.15, -0.1) is 0 Å². The van der Waals surface area contributed by atoms with E-state index in [2.05, 4.69) is 10.6 Å². The topological polar surface area (TPSA) is 101 Å². The minimum absolute atomic E-state index is 0.206. The van der Waals surface area contributed by atoms with Gasteiger partial charge in [-0.1, -0.05) is 30.3 Å². The summed E-state index contributed by atoms with van der Waals surface area (Å²) in [6, 6.07) is 19.2. The Labute approximate surface area is 168 Å². The molecule has 1 heterocycles. The molecule has 1 unspecified atom stereocenters. The second-order valence-corrected chi connectivity index (χ2v) is 6.40. The maximum atomic E-state index is 12.2. The van der Waals surface area contributed by atoms with Gasteiger partial charge in [-0.3, -0.25) is 14.9 Å². The highest BCUT2D eigenvalue weighted by Crippen LogP contribution is 2.17. The molecule has 3 N–H and O–H groups in total. The first-order chi connectivity index (χ1) is 14.1. The average molecular weight is 394 g/mol. The van der Waals surface area contributed by atoms with Crippen molar-refractivity contribution in [2.24, 2.45) is 0 Å².